The predicted octanol–water partition coefficient (Wildman–Crippen LogP) is 3.70. The SMILES string of the molecule is Nc1ncc(-c2ccc3nc(N)nc(N(Br)c4ccccc4)c3c2)cn1. The van der Waals surface area contributed by atoms with Gasteiger partial charge in [-0.3, -0.25) is 3.93 Å². The molecular weight excluding hydrogens is 394 g/mol. The quantitative estimate of drug-likeness (QED) is 0.498. The number of rotatable bonds is 3. The summed E-state index contributed by atoms with van der Waals surface area (Å²) >= 11 is 3.59. The Kier molecular flexibility index (Phi) is 4.10. The Morgan fingerprint density at radius 2 is 1.54 bits per heavy atom. The molecule has 0 radical (unpaired) electrons. The zero-order chi connectivity index (χ0) is 18.1. The van der Waals surface area contributed by atoms with Crippen molar-refractivity contribution in [1.29, 1.82) is 0 Å². The molecule has 0 spiro atoms. The van der Waals surface area contributed by atoms with Crippen LogP contribution in [0.2, 0.25) is 0 Å². The van der Waals surface area contributed by atoms with Crippen molar-refractivity contribution in [3.05, 3.63) is 60.9 Å². The van der Waals surface area contributed by atoms with Crippen LogP contribution in [0.5, 0.6) is 0 Å². The summed E-state index contributed by atoms with van der Waals surface area (Å²) in [5.41, 5.74) is 14.9. The summed E-state index contributed by atoms with van der Waals surface area (Å²) in [7, 11) is 0. The fourth-order valence-electron chi connectivity index (χ4n) is 2.63. The summed E-state index contributed by atoms with van der Waals surface area (Å²) in [6.07, 6.45) is 3.37. The lowest BCUT2D eigenvalue weighted by atomic mass is 10.1. The zero-order valence-corrected chi connectivity index (χ0v) is 15.1. The molecule has 0 bridgehead atoms. The molecule has 2 aromatic carbocycles. The second-order valence-electron chi connectivity index (χ2n) is 5.58. The van der Waals surface area contributed by atoms with Gasteiger partial charge in [-0.05, 0) is 29.8 Å². The van der Waals surface area contributed by atoms with Crippen LogP contribution in [0.3, 0.4) is 0 Å². The number of anilines is 4. The Morgan fingerprint density at radius 3 is 2.27 bits per heavy atom. The van der Waals surface area contributed by atoms with Gasteiger partial charge in [0, 0.05) is 23.3 Å². The maximum absolute atomic E-state index is 5.90. The highest BCUT2D eigenvalue weighted by Crippen LogP contribution is 2.35. The molecule has 7 nitrogen and oxygen atoms in total. The fraction of sp³-hybridized carbons (Fsp3) is 0. The highest BCUT2D eigenvalue weighted by Gasteiger charge is 2.15. The maximum Gasteiger partial charge on any atom is 0.222 e. The van der Waals surface area contributed by atoms with Gasteiger partial charge >= 0.3 is 0 Å². The largest absolute Gasteiger partial charge is 0.368 e. The van der Waals surface area contributed by atoms with E-state index in [1.165, 1.54) is 0 Å². The van der Waals surface area contributed by atoms with Crippen LogP contribution in [0.1, 0.15) is 0 Å². The van der Waals surface area contributed by atoms with Gasteiger partial charge in [-0.2, -0.15) is 4.98 Å². The fourth-order valence-corrected chi connectivity index (χ4v) is 3.13. The van der Waals surface area contributed by atoms with Crippen molar-refractivity contribution in [2.24, 2.45) is 0 Å². The monoisotopic (exact) mass is 407 g/mol. The van der Waals surface area contributed by atoms with E-state index in [1.807, 2.05) is 48.5 Å². The van der Waals surface area contributed by atoms with Gasteiger partial charge in [-0.15, -0.1) is 0 Å². The lowest BCUT2D eigenvalue weighted by molar-refractivity contribution is 1.19. The van der Waals surface area contributed by atoms with E-state index in [-0.39, 0.29) is 11.9 Å². The highest BCUT2D eigenvalue weighted by atomic mass is 79.9. The van der Waals surface area contributed by atoms with Crippen LogP contribution in [0, 0.1) is 0 Å². The number of aromatic nitrogens is 4. The van der Waals surface area contributed by atoms with Crippen molar-refractivity contribution in [3.8, 4) is 11.1 Å². The molecule has 0 aliphatic heterocycles. The molecule has 0 unspecified atom stereocenters. The molecule has 128 valence electrons. The van der Waals surface area contributed by atoms with E-state index in [1.54, 1.807) is 16.3 Å². The Hall–Kier alpha value is -3.26. The number of hydrogen-bond donors (Lipinski definition) is 2. The van der Waals surface area contributed by atoms with Gasteiger partial charge in [0.1, 0.15) is 0 Å². The Labute approximate surface area is 158 Å². The van der Waals surface area contributed by atoms with Gasteiger partial charge in [-0.1, -0.05) is 24.3 Å². The highest BCUT2D eigenvalue weighted by molar-refractivity contribution is 9.10. The van der Waals surface area contributed by atoms with E-state index < -0.39 is 0 Å². The molecule has 0 saturated heterocycles. The first-order valence-electron chi connectivity index (χ1n) is 7.78. The average molecular weight is 408 g/mol. The second-order valence-corrected chi connectivity index (χ2v) is 6.29. The molecule has 4 aromatic rings. The lowest BCUT2D eigenvalue weighted by Gasteiger charge is -2.18. The van der Waals surface area contributed by atoms with Crippen LogP contribution >= 0.6 is 16.1 Å². The third kappa shape index (κ3) is 3.02. The van der Waals surface area contributed by atoms with Crippen LogP contribution in [0.15, 0.2) is 60.9 Å². The molecule has 4 rings (SSSR count). The maximum atomic E-state index is 5.90. The number of benzene rings is 2. The van der Waals surface area contributed by atoms with Crippen molar-refractivity contribution >= 4 is 50.5 Å². The number of nitrogens with two attached hydrogens (primary N) is 2. The summed E-state index contributed by atoms with van der Waals surface area (Å²) in [6, 6.07) is 15.6. The number of hydrogen-bond acceptors (Lipinski definition) is 7. The molecule has 0 amide bonds. The van der Waals surface area contributed by atoms with Crippen LogP contribution in [0.4, 0.5) is 23.4 Å². The van der Waals surface area contributed by atoms with Crippen LogP contribution in [0.25, 0.3) is 22.0 Å². The van der Waals surface area contributed by atoms with Crippen LogP contribution in [-0.4, -0.2) is 19.9 Å². The topological polar surface area (TPSA) is 107 Å². The van der Waals surface area contributed by atoms with Crippen LogP contribution < -0.4 is 15.4 Å². The summed E-state index contributed by atoms with van der Waals surface area (Å²) in [5, 5.41) is 0.842. The minimum absolute atomic E-state index is 0.205. The predicted molar refractivity (Wildman–Crippen MR) is 107 cm³/mol. The summed E-state index contributed by atoms with van der Waals surface area (Å²) in [4.78, 5) is 16.9. The second kappa shape index (κ2) is 6.57. The summed E-state index contributed by atoms with van der Waals surface area (Å²) in [5.74, 6) is 1.09. The first kappa shape index (κ1) is 16.2. The molecule has 2 aromatic heterocycles. The number of nitrogen functional groups attached to an aromatic ring is 2. The summed E-state index contributed by atoms with van der Waals surface area (Å²) in [6.45, 7) is 0. The van der Waals surface area contributed by atoms with Gasteiger partial charge in [0.2, 0.25) is 11.9 Å². The molecule has 0 saturated carbocycles. The first-order valence-corrected chi connectivity index (χ1v) is 8.49. The number of halogens is 1. The third-order valence-electron chi connectivity index (χ3n) is 3.87. The van der Waals surface area contributed by atoms with Crippen molar-refractivity contribution in [3.63, 3.8) is 0 Å². The van der Waals surface area contributed by atoms with E-state index in [4.69, 9.17) is 11.5 Å². The molecule has 0 fully saturated rings. The molecule has 2 heterocycles. The zero-order valence-electron chi connectivity index (χ0n) is 13.5. The number of nitrogens with zero attached hydrogens (tertiary/aromatic N) is 5. The first-order chi connectivity index (χ1) is 12.6. The van der Waals surface area contributed by atoms with E-state index >= 15 is 0 Å². The van der Waals surface area contributed by atoms with E-state index in [9.17, 15) is 0 Å². The standard InChI is InChI=1S/C18H14BrN7/c19-26(13-4-2-1-3-5-13)16-14-8-11(12-9-22-17(20)23-10-12)6-7-15(14)24-18(21)25-16/h1-10H,(H2,20,22,23)(H2,21,24,25). The molecular formula is C18H14BrN7. The van der Waals surface area contributed by atoms with Gasteiger partial charge < -0.3 is 11.5 Å². The normalized spacial score (nSPS) is 10.8. The smallest absolute Gasteiger partial charge is 0.222 e. The Balaban J connectivity index is 1.88. The van der Waals surface area contributed by atoms with E-state index in [2.05, 4.69) is 36.1 Å². The molecule has 8 heteroatoms. The van der Waals surface area contributed by atoms with Crippen molar-refractivity contribution in [2.45, 2.75) is 0 Å². The van der Waals surface area contributed by atoms with Gasteiger partial charge in [-0.25, -0.2) is 15.0 Å². The van der Waals surface area contributed by atoms with Gasteiger partial charge in [0.15, 0.2) is 5.82 Å². The number of para-hydroxylation sites is 1. The lowest BCUT2D eigenvalue weighted by Crippen LogP contribution is -2.07. The molecule has 0 aliphatic rings. The van der Waals surface area contributed by atoms with E-state index in [0.717, 1.165) is 27.7 Å². The molecule has 4 N–H and O–H groups in total. The third-order valence-corrected chi connectivity index (χ3v) is 4.61. The molecule has 0 aliphatic carbocycles. The van der Waals surface area contributed by atoms with Gasteiger partial charge in [0.25, 0.3) is 0 Å². The van der Waals surface area contributed by atoms with Crippen molar-refractivity contribution < 1.29 is 0 Å². The van der Waals surface area contributed by atoms with Gasteiger partial charge in [0.05, 0.1) is 27.4 Å². The molecule has 26 heavy (non-hydrogen) atoms. The number of fused-ring (bicyclic) bond motifs is 1. The van der Waals surface area contributed by atoms with E-state index in [0.29, 0.717) is 5.82 Å². The van der Waals surface area contributed by atoms with Crippen molar-refractivity contribution in [1.82, 2.24) is 19.9 Å². The van der Waals surface area contributed by atoms with Crippen LogP contribution in [-0.2, 0) is 0 Å². The summed E-state index contributed by atoms with van der Waals surface area (Å²) < 4.78 is 1.80. The Bertz CT molecular complexity index is 1070. The minimum atomic E-state index is 0.205. The Morgan fingerprint density at radius 1 is 0.808 bits per heavy atom. The molecule has 0 atom stereocenters. The average Bonchev–Trinajstić information content (AvgIpc) is 2.68. The minimum Gasteiger partial charge on any atom is -0.368 e. The van der Waals surface area contributed by atoms with Crippen molar-refractivity contribution in [2.75, 3.05) is 15.4 Å².